The van der Waals surface area contributed by atoms with E-state index >= 15 is 0 Å². The summed E-state index contributed by atoms with van der Waals surface area (Å²) in [6, 6.07) is 14.0. The number of ether oxygens (including phenoxy) is 2. The van der Waals surface area contributed by atoms with Crippen LogP contribution in [0.1, 0.15) is 21.5 Å². The average molecular weight is 382 g/mol. The van der Waals surface area contributed by atoms with Gasteiger partial charge in [0.1, 0.15) is 0 Å². The van der Waals surface area contributed by atoms with E-state index in [2.05, 4.69) is 16.9 Å². The predicted molar refractivity (Wildman–Crippen MR) is 103 cm³/mol. The van der Waals surface area contributed by atoms with Crippen molar-refractivity contribution in [1.82, 2.24) is 15.8 Å². The lowest BCUT2D eigenvalue weighted by molar-refractivity contribution is -0.122. The fraction of sp³-hybridized carbons (Fsp3) is 0.250. The van der Waals surface area contributed by atoms with Crippen LogP contribution in [0.5, 0.6) is 11.5 Å². The molecule has 0 aliphatic rings. The first-order valence-electron chi connectivity index (χ1n) is 8.45. The summed E-state index contributed by atoms with van der Waals surface area (Å²) >= 11 is 0. The van der Waals surface area contributed by atoms with Crippen molar-refractivity contribution in [1.29, 1.82) is 5.26 Å². The zero-order chi connectivity index (χ0) is 20.5. The first-order chi connectivity index (χ1) is 13.5. The summed E-state index contributed by atoms with van der Waals surface area (Å²) in [5.74, 6) is 0.0810. The van der Waals surface area contributed by atoms with Crippen LogP contribution in [0.15, 0.2) is 42.5 Å². The highest BCUT2D eigenvalue weighted by Gasteiger charge is 2.13. The molecule has 0 atom stereocenters. The van der Waals surface area contributed by atoms with Crippen LogP contribution in [0, 0.1) is 11.3 Å². The largest absolute Gasteiger partial charge is 0.493 e. The molecule has 0 unspecified atom stereocenters. The zero-order valence-corrected chi connectivity index (χ0v) is 16.0. The van der Waals surface area contributed by atoms with Crippen LogP contribution in [0.25, 0.3) is 0 Å². The number of nitrogens with zero attached hydrogens (tertiary/aromatic N) is 2. The first kappa shape index (κ1) is 20.7. The predicted octanol–water partition coefficient (Wildman–Crippen LogP) is 1.47. The highest BCUT2D eigenvalue weighted by molar-refractivity contribution is 5.96. The number of methoxy groups -OCH3 is 2. The molecule has 2 aromatic carbocycles. The van der Waals surface area contributed by atoms with Crippen molar-refractivity contribution < 1.29 is 19.1 Å². The quantitative estimate of drug-likeness (QED) is 0.703. The molecule has 0 aromatic heterocycles. The number of nitriles is 1. The Morgan fingerprint density at radius 1 is 1.07 bits per heavy atom. The molecule has 28 heavy (non-hydrogen) atoms. The lowest BCUT2D eigenvalue weighted by Crippen LogP contribution is -2.45. The van der Waals surface area contributed by atoms with E-state index in [1.807, 2.05) is 6.07 Å². The van der Waals surface area contributed by atoms with E-state index in [-0.39, 0.29) is 12.5 Å². The van der Waals surface area contributed by atoms with Crippen molar-refractivity contribution in [2.24, 2.45) is 0 Å². The summed E-state index contributed by atoms with van der Waals surface area (Å²) in [5.41, 5.74) is 6.56. The summed E-state index contributed by atoms with van der Waals surface area (Å²) in [6.45, 7) is 0.565. The highest BCUT2D eigenvalue weighted by atomic mass is 16.5. The minimum absolute atomic E-state index is 0.0724. The average Bonchev–Trinajstić information content (AvgIpc) is 2.71. The minimum Gasteiger partial charge on any atom is -0.493 e. The number of hydrazine groups is 1. The SMILES string of the molecule is COc1ccc(C(=O)NNC(=O)CN(C)Cc2cccc(C#N)c2)cc1OC. The van der Waals surface area contributed by atoms with E-state index in [0.717, 1.165) is 5.56 Å². The molecular formula is C20H22N4O4. The number of amides is 2. The Bertz CT molecular complexity index is 892. The van der Waals surface area contributed by atoms with E-state index in [9.17, 15) is 9.59 Å². The topological polar surface area (TPSA) is 104 Å². The Balaban J connectivity index is 1.86. The van der Waals surface area contributed by atoms with Crippen LogP contribution < -0.4 is 20.3 Å². The second-order valence-electron chi connectivity index (χ2n) is 6.06. The van der Waals surface area contributed by atoms with Crippen LogP contribution in [0.4, 0.5) is 0 Å². The molecule has 0 saturated carbocycles. The maximum Gasteiger partial charge on any atom is 0.269 e. The van der Waals surface area contributed by atoms with Gasteiger partial charge >= 0.3 is 0 Å². The first-order valence-corrected chi connectivity index (χ1v) is 8.45. The third-order valence-corrected chi connectivity index (χ3v) is 3.88. The summed E-state index contributed by atoms with van der Waals surface area (Å²) < 4.78 is 10.3. The van der Waals surface area contributed by atoms with Gasteiger partial charge in [-0.2, -0.15) is 5.26 Å². The van der Waals surface area contributed by atoms with Gasteiger partial charge < -0.3 is 9.47 Å². The molecule has 8 nitrogen and oxygen atoms in total. The van der Waals surface area contributed by atoms with E-state index in [1.165, 1.54) is 20.3 Å². The molecule has 2 amide bonds. The molecule has 0 heterocycles. The van der Waals surface area contributed by atoms with Crippen LogP contribution in [-0.4, -0.2) is 44.5 Å². The minimum atomic E-state index is -0.473. The van der Waals surface area contributed by atoms with Crippen molar-refractivity contribution in [2.75, 3.05) is 27.8 Å². The van der Waals surface area contributed by atoms with Gasteiger partial charge in [-0.3, -0.25) is 25.3 Å². The molecule has 2 aromatic rings. The van der Waals surface area contributed by atoms with Gasteiger partial charge in [-0.05, 0) is 42.9 Å². The fourth-order valence-electron chi connectivity index (χ4n) is 2.57. The Morgan fingerprint density at radius 2 is 1.82 bits per heavy atom. The molecule has 146 valence electrons. The van der Waals surface area contributed by atoms with Gasteiger partial charge in [-0.1, -0.05) is 12.1 Å². The lowest BCUT2D eigenvalue weighted by atomic mass is 10.1. The van der Waals surface area contributed by atoms with Gasteiger partial charge in [0, 0.05) is 12.1 Å². The second kappa shape index (κ2) is 9.94. The zero-order valence-electron chi connectivity index (χ0n) is 16.0. The summed E-state index contributed by atoms with van der Waals surface area (Å²) in [7, 11) is 4.75. The van der Waals surface area contributed by atoms with Crippen LogP contribution >= 0.6 is 0 Å². The smallest absolute Gasteiger partial charge is 0.269 e. The molecule has 0 saturated heterocycles. The molecule has 0 radical (unpaired) electrons. The van der Waals surface area contributed by atoms with Gasteiger partial charge in [0.2, 0.25) is 0 Å². The molecule has 2 N–H and O–H groups in total. The molecule has 0 fully saturated rings. The van der Waals surface area contributed by atoms with E-state index in [4.69, 9.17) is 14.7 Å². The highest BCUT2D eigenvalue weighted by Crippen LogP contribution is 2.27. The normalized spacial score (nSPS) is 10.1. The maximum absolute atomic E-state index is 12.2. The van der Waals surface area contributed by atoms with E-state index < -0.39 is 5.91 Å². The van der Waals surface area contributed by atoms with Gasteiger partial charge in [-0.25, -0.2) is 0 Å². The molecule has 0 aliphatic heterocycles. The molecule has 8 heteroatoms. The second-order valence-corrected chi connectivity index (χ2v) is 6.06. The van der Waals surface area contributed by atoms with Crippen molar-refractivity contribution in [2.45, 2.75) is 6.54 Å². The van der Waals surface area contributed by atoms with E-state index in [1.54, 1.807) is 42.3 Å². The van der Waals surface area contributed by atoms with Gasteiger partial charge in [0.25, 0.3) is 11.8 Å². The third-order valence-electron chi connectivity index (χ3n) is 3.88. The van der Waals surface area contributed by atoms with Gasteiger partial charge in [-0.15, -0.1) is 0 Å². The fourth-order valence-corrected chi connectivity index (χ4v) is 2.57. The molecule has 2 rings (SSSR count). The third kappa shape index (κ3) is 5.72. The maximum atomic E-state index is 12.2. The van der Waals surface area contributed by atoms with Crippen LogP contribution in [0.2, 0.25) is 0 Å². The van der Waals surface area contributed by atoms with Crippen molar-refractivity contribution in [3.05, 3.63) is 59.2 Å². The summed E-state index contributed by atoms with van der Waals surface area (Å²) in [4.78, 5) is 26.0. The summed E-state index contributed by atoms with van der Waals surface area (Å²) in [5, 5.41) is 8.94. The lowest BCUT2D eigenvalue weighted by Gasteiger charge is -2.17. The van der Waals surface area contributed by atoms with Gasteiger partial charge in [0.15, 0.2) is 11.5 Å². The number of carbonyl (C=O) groups excluding carboxylic acids is 2. The Kier molecular flexibility index (Phi) is 7.37. The number of benzene rings is 2. The Labute approximate surface area is 163 Å². The standard InChI is InChI=1S/C20H22N4O4/c1-24(12-15-6-4-5-14(9-15)11-21)13-19(25)22-23-20(26)16-7-8-17(27-2)18(10-16)28-3/h4-10H,12-13H2,1-3H3,(H,22,25)(H,23,26). The number of rotatable bonds is 7. The van der Waals surface area contributed by atoms with Crippen LogP contribution in [-0.2, 0) is 11.3 Å². The monoisotopic (exact) mass is 382 g/mol. The van der Waals surface area contributed by atoms with Crippen molar-refractivity contribution in [3.8, 4) is 17.6 Å². The number of nitrogens with one attached hydrogen (secondary N) is 2. The Morgan fingerprint density at radius 3 is 2.50 bits per heavy atom. The number of likely N-dealkylation sites (N-methyl/N-ethyl adjacent to an activating group) is 1. The number of carbonyl (C=O) groups is 2. The number of hydrogen-bond acceptors (Lipinski definition) is 6. The molecular weight excluding hydrogens is 360 g/mol. The molecule has 0 bridgehead atoms. The molecule has 0 aliphatic carbocycles. The number of hydrogen-bond donors (Lipinski definition) is 2. The van der Waals surface area contributed by atoms with E-state index in [0.29, 0.717) is 29.2 Å². The van der Waals surface area contributed by atoms with Crippen molar-refractivity contribution in [3.63, 3.8) is 0 Å². The van der Waals surface area contributed by atoms with Crippen molar-refractivity contribution >= 4 is 11.8 Å². The van der Waals surface area contributed by atoms with Gasteiger partial charge in [0.05, 0.1) is 32.4 Å². The Hall–Kier alpha value is -3.57. The molecule has 0 spiro atoms. The van der Waals surface area contributed by atoms with Crippen LogP contribution in [0.3, 0.4) is 0 Å². The summed E-state index contributed by atoms with van der Waals surface area (Å²) in [6.07, 6.45) is 0.